The SMILES string of the molecule is C=C(C)[C@H](C)[C@@H](O)[C@H](O)[C@@H](C)[C@H]1CC[C@H]2[C@@H]3CC4(OCCO4)C4C[C@@H]5OC(C)(C)O[C@@H]5C[C@]4(C)[C@H]3CC[C@]12C. The van der Waals surface area contributed by atoms with Crippen LogP contribution in [0.25, 0.3) is 0 Å². The third-order valence-corrected chi connectivity index (χ3v) is 13.2. The maximum atomic E-state index is 11.3. The third kappa shape index (κ3) is 4.25. The lowest BCUT2D eigenvalue weighted by Gasteiger charge is -2.65. The van der Waals surface area contributed by atoms with Crippen molar-refractivity contribution in [3.8, 4) is 0 Å². The summed E-state index contributed by atoms with van der Waals surface area (Å²) in [7, 11) is 0. The summed E-state index contributed by atoms with van der Waals surface area (Å²) in [4.78, 5) is 0. The summed E-state index contributed by atoms with van der Waals surface area (Å²) >= 11 is 0. The first kappa shape index (κ1) is 28.6. The Bertz CT molecular complexity index is 958. The van der Waals surface area contributed by atoms with E-state index in [0.717, 1.165) is 31.3 Å². The standard InChI is InChI=1S/C33H54O6/c1-18(2)19(3)28(34)29(35)20(4)22-9-10-23-21-16-33(36-13-14-37-33)27-15-25-26(39-30(5,6)38-25)17-32(27,8)24(21)11-12-31(22,23)7/h19-29,34-35H,1,9-17H2,2-8H3/t19-,20-,21-,22+,23-,24-,25-,26+,27?,28+,29+,31+,32+/m0/s1. The van der Waals surface area contributed by atoms with Crippen molar-refractivity contribution >= 4 is 0 Å². The first-order valence-corrected chi connectivity index (χ1v) is 15.9. The molecule has 13 atom stereocenters. The summed E-state index contributed by atoms with van der Waals surface area (Å²) in [6.45, 7) is 20.6. The fraction of sp³-hybridized carbons (Fsp3) is 0.939. The molecule has 0 radical (unpaired) electrons. The van der Waals surface area contributed by atoms with Gasteiger partial charge in [-0.1, -0.05) is 39.8 Å². The number of ether oxygens (including phenoxy) is 4. The second-order valence-corrected chi connectivity index (χ2v) is 15.5. The molecule has 4 aliphatic carbocycles. The lowest BCUT2D eigenvalue weighted by Crippen LogP contribution is -2.65. The number of aliphatic hydroxyl groups excluding tert-OH is 2. The van der Waals surface area contributed by atoms with E-state index in [1.54, 1.807) is 0 Å². The Labute approximate surface area is 236 Å². The van der Waals surface area contributed by atoms with Gasteiger partial charge in [-0.3, -0.25) is 0 Å². The van der Waals surface area contributed by atoms with Gasteiger partial charge in [-0.05, 0) is 99.7 Å². The van der Waals surface area contributed by atoms with Crippen LogP contribution in [0.1, 0.15) is 93.4 Å². The molecular weight excluding hydrogens is 492 g/mol. The van der Waals surface area contributed by atoms with E-state index in [4.69, 9.17) is 18.9 Å². The molecule has 1 spiro atoms. The van der Waals surface area contributed by atoms with Crippen molar-refractivity contribution in [2.24, 2.45) is 52.3 Å². The molecule has 2 N–H and O–H groups in total. The summed E-state index contributed by atoms with van der Waals surface area (Å²) < 4.78 is 26.2. The molecule has 0 aromatic carbocycles. The van der Waals surface area contributed by atoms with Gasteiger partial charge < -0.3 is 29.2 Å². The van der Waals surface area contributed by atoms with E-state index >= 15 is 0 Å². The van der Waals surface area contributed by atoms with Crippen LogP contribution in [0.3, 0.4) is 0 Å². The van der Waals surface area contributed by atoms with Gasteiger partial charge in [0, 0.05) is 18.3 Å². The minimum Gasteiger partial charge on any atom is -0.390 e. The Morgan fingerprint density at radius 3 is 2.15 bits per heavy atom. The van der Waals surface area contributed by atoms with Crippen molar-refractivity contribution in [2.75, 3.05) is 13.2 Å². The van der Waals surface area contributed by atoms with Gasteiger partial charge in [-0.2, -0.15) is 0 Å². The molecule has 1 unspecified atom stereocenters. The Balaban J connectivity index is 1.29. The summed E-state index contributed by atoms with van der Waals surface area (Å²) in [5, 5.41) is 22.3. The molecule has 2 aliphatic heterocycles. The van der Waals surface area contributed by atoms with Crippen molar-refractivity contribution in [1.29, 1.82) is 0 Å². The van der Waals surface area contributed by atoms with Crippen molar-refractivity contribution in [1.82, 2.24) is 0 Å². The lowest BCUT2D eigenvalue weighted by molar-refractivity contribution is -0.301. The second kappa shape index (κ2) is 9.50. The van der Waals surface area contributed by atoms with Crippen LogP contribution in [-0.2, 0) is 18.9 Å². The first-order valence-electron chi connectivity index (χ1n) is 15.9. The molecule has 6 nitrogen and oxygen atoms in total. The van der Waals surface area contributed by atoms with E-state index in [-0.39, 0.29) is 34.9 Å². The Morgan fingerprint density at radius 2 is 1.49 bits per heavy atom. The quantitative estimate of drug-likeness (QED) is 0.431. The highest BCUT2D eigenvalue weighted by atomic mass is 16.8. The summed E-state index contributed by atoms with van der Waals surface area (Å²) in [6.07, 6.45) is 6.33. The predicted octanol–water partition coefficient (Wildman–Crippen LogP) is 5.70. The van der Waals surface area contributed by atoms with Crippen molar-refractivity contribution < 1.29 is 29.2 Å². The van der Waals surface area contributed by atoms with Gasteiger partial charge in [0.05, 0.1) is 37.6 Å². The molecule has 0 bridgehead atoms. The van der Waals surface area contributed by atoms with E-state index in [2.05, 4.69) is 27.4 Å². The normalized spacial score (nSPS) is 48.9. The molecule has 39 heavy (non-hydrogen) atoms. The molecule has 222 valence electrons. The van der Waals surface area contributed by atoms with Crippen LogP contribution in [0.5, 0.6) is 0 Å². The number of aliphatic hydroxyl groups is 2. The average molecular weight is 547 g/mol. The summed E-state index contributed by atoms with van der Waals surface area (Å²) in [6, 6.07) is 0. The van der Waals surface area contributed by atoms with Crippen LogP contribution >= 0.6 is 0 Å². The van der Waals surface area contributed by atoms with E-state index < -0.39 is 23.8 Å². The molecule has 0 amide bonds. The second-order valence-electron chi connectivity index (χ2n) is 15.5. The molecule has 2 saturated heterocycles. The highest BCUT2D eigenvalue weighted by Crippen LogP contribution is 2.71. The number of fused-ring (bicyclic) bond motifs is 7. The van der Waals surface area contributed by atoms with Crippen LogP contribution in [0.4, 0.5) is 0 Å². The fourth-order valence-corrected chi connectivity index (χ4v) is 11.1. The van der Waals surface area contributed by atoms with Gasteiger partial charge in [0.2, 0.25) is 0 Å². The van der Waals surface area contributed by atoms with E-state index in [1.807, 2.05) is 27.7 Å². The molecule has 4 saturated carbocycles. The topological polar surface area (TPSA) is 77.4 Å². The zero-order valence-electron chi connectivity index (χ0n) is 25.4. The minimum atomic E-state index is -0.775. The lowest BCUT2D eigenvalue weighted by atomic mass is 9.42. The molecule has 2 heterocycles. The van der Waals surface area contributed by atoms with E-state index in [1.165, 1.54) is 19.3 Å². The van der Waals surface area contributed by atoms with Gasteiger partial charge in [-0.25, -0.2) is 0 Å². The van der Waals surface area contributed by atoms with E-state index in [0.29, 0.717) is 42.8 Å². The van der Waals surface area contributed by atoms with Crippen molar-refractivity contribution in [3.63, 3.8) is 0 Å². The molecule has 6 rings (SSSR count). The molecule has 6 aliphatic rings. The minimum absolute atomic E-state index is 0.0370. The Kier molecular flexibility index (Phi) is 6.97. The Morgan fingerprint density at radius 1 is 0.846 bits per heavy atom. The maximum absolute atomic E-state index is 11.3. The largest absolute Gasteiger partial charge is 0.390 e. The highest BCUT2D eigenvalue weighted by Gasteiger charge is 2.70. The van der Waals surface area contributed by atoms with Gasteiger partial charge in [0.25, 0.3) is 0 Å². The number of hydrogen-bond acceptors (Lipinski definition) is 6. The summed E-state index contributed by atoms with van der Waals surface area (Å²) in [5.74, 6) is 1.29. The van der Waals surface area contributed by atoms with Gasteiger partial charge in [-0.15, -0.1) is 0 Å². The molecule has 6 heteroatoms. The third-order valence-electron chi connectivity index (χ3n) is 13.2. The van der Waals surface area contributed by atoms with Gasteiger partial charge in [0.15, 0.2) is 11.6 Å². The average Bonchev–Trinajstić information content (AvgIpc) is 3.55. The number of hydrogen-bond donors (Lipinski definition) is 2. The smallest absolute Gasteiger partial charge is 0.172 e. The summed E-state index contributed by atoms with van der Waals surface area (Å²) in [5.41, 5.74) is 1.14. The zero-order valence-corrected chi connectivity index (χ0v) is 25.4. The first-order chi connectivity index (χ1) is 18.2. The van der Waals surface area contributed by atoms with E-state index in [9.17, 15) is 10.2 Å². The van der Waals surface area contributed by atoms with Crippen LogP contribution in [0.2, 0.25) is 0 Å². The highest BCUT2D eigenvalue weighted by molar-refractivity contribution is 5.16. The van der Waals surface area contributed by atoms with Crippen LogP contribution in [0, 0.1) is 52.3 Å². The monoisotopic (exact) mass is 546 g/mol. The van der Waals surface area contributed by atoms with Gasteiger partial charge >= 0.3 is 0 Å². The van der Waals surface area contributed by atoms with Gasteiger partial charge in [0.1, 0.15) is 0 Å². The Hall–Kier alpha value is -0.500. The van der Waals surface area contributed by atoms with Crippen LogP contribution in [0.15, 0.2) is 12.2 Å². The molecule has 0 aromatic rings. The van der Waals surface area contributed by atoms with Crippen molar-refractivity contribution in [2.45, 2.75) is 129 Å². The number of rotatable bonds is 5. The fourth-order valence-electron chi connectivity index (χ4n) is 11.1. The molecule has 6 fully saturated rings. The van der Waals surface area contributed by atoms with Crippen LogP contribution in [-0.4, -0.2) is 59.4 Å². The molecular formula is C33H54O6. The van der Waals surface area contributed by atoms with Crippen molar-refractivity contribution in [3.05, 3.63) is 12.2 Å². The van der Waals surface area contributed by atoms with Crippen LogP contribution < -0.4 is 0 Å². The zero-order chi connectivity index (χ0) is 28.1. The predicted molar refractivity (Wildman–Crippen MR) is 150 cm³/mol. The maximum Gasteiger partial charge on any atom is 0.172 e. The molecule has 0 aromatic heterocycles.